The van der Waals surface area contributed by atoms with Crippen LogP contribution in [0.3, 0.4) is 0 Å². The predicted molar refractivity (Wildman–Crippen MR) is 56.5 cm³/mol. The van der Waals surface area contributed by atoms with Crippen LogP contribution in [0.5, 0.6) is 5.88 Å². The smallest absolute Gasteiger partial charge is 0.215 e. The molecule has 0 radical (unpaired) electrons. The molecular formula is C10H15N3O. The molecule has 3 N–H and O–H groups in total. The van der Waals surface area contributed by atoms with Gasteiger partial charge in [-0.2, -0.15) is 4.98 Å². The lowest BCUT2D eigenvalue weighted by Crippen LogP contribution is -2.18. The van der Waals surface area contributed by atoms with Crippen molar-refractivity contribution in [2.24, 2.45) is 0 Å². The molecule has 1 aliphatic rings. The number of nitrogen functional groups attached to an aromatic ring is 1. The van der Waals surface area contributed by atoms with Crippen molar-refractivity contribution in [3.8, 4) is 5.88 Å². The molecule has 1 fully saturated rings. The van der Waals surface area contributed by atoms with E-state index in [-0.39, 0.29) is 5.54 Å². The van der Waals surface area contributed by atoms with Gasteiger partial charge in [0.2, 0.25) is 5.88 Å². The maximum absolute atomic E-state index is 5.80. The lowest BCUT2D eigenvalue weighted by atomic mass is 10.3. The van der Waals surface area contributed by atoms with E-state index in [4.69, 9.17) is 10.5 Å². The highest BCUT2D eigenvalue weighted by Crippen LogP contribution is 2.39. The number of nitrogens with one attached hydrogen (secondary N) is 1. The number of hydrogen-bond acceptors (Lipinski definition) is 4. The summed E-state index contributed by atoms with van der Waals surface area (Å²) in [6.07, 6.45) is 2.34. The van der Waals surface area contributed by atoms with E-state index in [0.29, 0.717) is 11.6 Å². The number of anilines is 2. The minimum absolute atomic E-state index is 0.188. The number of ether oxygens (including phenoxy) is 1. The molecule has 1 aliphatic carbocycles. The zero-order chi connectivity index (χ0) is 10.2. The van der Waals surface area contributed by atoms with Gasteiger partial charge in [0.05, 0.1) is 12.8 Å². The Kier molecular flexibility index (Phi) is 1.98. The molecule has 1 aromatic rings. The third-order valence-electron chi connectivity index (χ3n) is 2.53. The molecule has 1 heterocycles. The van der Waals surface area contributed by atoms with Gasteiger partial charge in [0.15, 0.2) is 5.82 Å². The van der Waals surface area contributed by atoms with Crippen LogP contribution in [0, 0.1) is 0 Å². The third-order valence-corrected chi connectivity index (χ3v) is 2.53. The number of aromatic nitrogens is 1. The second-order valence-corrected chi connectivity index (χ2v) is 3.98. The second kappa shape index (κ2) is 3.04. The molecule has 0 saturated heterocycles. The van der Waals surface area contributed by atoms with Crippen LogP contribution in [-0.4, -0.2) is 17.6 Å². The zero-order valence-corrected chi connectivity index (χ0v) is 8.50. The van der Waals surface area contributed by atoms with Crippen molar-refractivity contribution in [1.82, 2.24) is 4.98 Å². The molecule has 1 aromatic heterocycles. The molecule has 0 aromatic carbocycles. The van der Waals surface area contributed by atoms with Crippen molar-refractivity contribution >= 4 is 11.5 Å². The molecule has 0 aliphatic heterocycles. The molecule has 0 bridgehead atoms. The normalized spacial score (nSPS) is 17.6. The molecule has 1 saturated carbocycles. The Bertz CT molecular complexity index is 347. The maximum Gasteiger partial charge on any atom is 0.215 e. The van der Waals surface area contributed by atoms with Gasteiger partial charge in [-0.25, -0.2) is 0 Å². The van der Waals surface area contributed by atoms with Gasteiger partial charge in [-0.3, -0.25) is 0 Å². The Morgan fingerprint density at radius 3 is 2.79 bits per heavy atom. The van der Waals surface area contributed by atoms with Crippen LogP contribution in [0.4, 0.5) is 11.5 Å². The van der Waals surface area contributed by atoms with Gasteiger partial charge in [0.1, 0.15) is 0 Å². The SMILES string of the molecule is COc1ccc(N)c(NC2(C)CC2)n1. The first-order valence-corrected chi connectivity index (χ1v) is 4.72. The molecule has 0 atom stereocenters. The van der Waals surface area contributed by atoms with Crippen molar-refractivity contribution in [2.45, 2.75) is 25.3 Å². The fourth-order valence-electron chi connectivity index (χ4n) is 1.26. The summed E-state index contributed by atoms with van der Waals surface area (Å²) in [5.74, 6) is 1.32. The lowest BCUT2D eigenvalue weighted by molar-refractivity contribution is 0.398. The fourth-order valence-corrected chi connectivity index (χ4v) is 1.26. The monoisotopic (exact) mass is 193 g/mol. The quantitative estimate of drug-likeness (QED) is 0.766. The first kappa shape index (κ1) is 9.12. The highest BCUT2D eigenvalue weighted by molar-refractivity contribution is 5.63. The Labute approximate surface area is 83.5 Å². The number of rotatable bonds is 3. The summed E-state index contributed by atoms with van der Waals surface area (Å²) in [5.41, 5.74) is 6.65. The van der Waals surface area contributed by atoms with Gasteiger partial charge in [-0.05, 0) is 25.8 Å². The van der Waals surface area contributed by atoms with E-state index < -0.39 is 0 Å². The van der Waals surface area contributed by atoms with E-state index >= 15 is 0 Å². The van der Waals surface area contributed by atoms with E-state index in [1.165, 1.54) is 12.8 Å². The highest BCUT2D eigenvalue weighted by atomic mass is 16.5. The first-order chi connectivity index (χ1) is 6.63. The van der Waals surface area contributed by atoms with E-state index in [1.54, 1.807) is 19.2 Å². The van der Waals surface area contributed by atoms with Crippen LogP contribution in [0.2, 0.25) is 0 Å². The summed E-state index contributed by atoms with van der Waals surface area (Å²) in [4.78, 5) is 4.26. The summed E-state index contributed by atoms with van der Waals surface area (Å²) >= 11 is 0. The third kappa shape index (κ3) is 1.73. The number of pyridine rings is 1. The molecule has 0 unspecified atom stereocenters. The van der Waals surface area contributed by atoms with Crippen LogP contribution < -0.4 is 15.8 Å². The van der Waals surface area contributed by atoms with Gasteiger partial charge in [0.25, 0.3) is 0 Å². The summed E-state index contributed by atoms with van der Waals surface area (Å²) in [6.45, 7) is 2.16. The molecule has 0 amide bonds. The number of nitrogens with zero attached hydrogens (tertiary/aromatic N) is 1. The topological polar surface area (TPSA) is 60.2 Å². The van der Waals surface area contributed by atoms with Crippen LogP contribution in [0.25, 0.3) is 0 Å². The maximum atomic E-state index is 5.80. The minimum Gasteiger partial charge on any atom is -0.481 e. The molecule has 4 heteroatoms. The molecule has 2 rings (SSSR count). The fraction of sp³-hybridized carbons (Fsp3) is 0.500. The number of methoxy groups -OCH3 is 1. The van der Waals surface area contributed by atoms with Crippen molar-refractivity contribution in [3.63, 3.8) is 0 Å². The predicted octanol–water partition coefficient (Wildman–Crippen LogP) is 1.64. The van der Waals surface area contributed by atoms with Crippen molar-refractivity contribution in [2.75, 3.05) is 18.2 Å². The lowest BCUT2D eigenvalue weighted by Gasteiger charge is -2.14. The van der Waals surface area contributed by atoms with Gasteiger partial charge >= 0.3 is 0 Å². The van der Waals surface area contributed by atoms with E-state index in [9.17, 15) is 0 Å². The minimum atomic E-state index is 0.188. The summed E-state index contributed by atoms with van der Waals surface area (Å²) in [5, 5.41) is 3.32. The van der Waals surface area contributed by atoms with E-state index in [2.05, 4.69) is 17.2 Å². The van der Waals surface area contributed by atoms with E-state index in [0.717, 1.165) is 5.82 Å². The summed E-state index contributed by atoms with van der Waals surface area (Å²) < 4.78 is 5.04. The molecule has 4 nitrogen and oxygen atoms in total. The highest BCUT2D eigenvalue weighted by Gasteiger charge is 2.37. The number of hydrogen-bond donors (Lipinski definition) is 2. The van der Waals surface area contributed by atoms with Gasteiger partial charge in [0, 0.05) is 11.6 Å². The molecular weight excluding hydrogens is 178 g/mol. The standard InChI is InChI=1S/C10H15N3O/c1-10(5-6-10)13-9-7(11)3-4-8(12-9)14-2/h3-4H,5-6,11H2,1-2H3,(H,12,13). The van der Waals surface area contributed by atoms with Crippen LogP contribution in [0.15, 0.2) is 12.1 Å². The van der Waals surface area contributed by atoms with Gasteiger partial charge in [-0.1, -0.05) is 0 Å². The Hall–Kier alpha value is -1.45. The summed E-state index contributed by atoms with van der Waals surface area (Å²) in [6, 6.07) is 3.57. The Morgan fingerprint density at radius 1 is 1.50 bits per heavy atom. The van der Waals surface area contributed by atoms with Crippen molar-refractivity contribution < 1.29 is 4.74 Å². The molecule has 14 heavy (non-hydrogen) atoms. The molecule has 0 spiro atoms. The van der Waals surface area contributed by atoms with Crippen LogP contribution in [0.1, 0.15) is 19.8 Å². The van der Waals surface area contributed by atoms with Crippen LogP contribution >= 0.6 is 0 Å². The average molecular weight is 193 g/mol. The van der Waals surface area contributed by atoms with Crippen molar-refractivity contribution in [3.05, 3.63) is 12.1 Å². The average Bonchev–Trinajstić information content (AvgIpc) is 2.88. The first-order valence-electron chi connectivity index (χ1n) is 4.72. The van der Waals surface area contributed by atoms with Gasteiger partial charge in [-0.15, -0.1) is 0 Å². The second-order valence-electron chi connectivity index (χ2n) is 3.98. The number of nitrogens with two attached hydrogens (primary N) is 1. The zero-order valence-electron chi connectivity index (χ0n) is 8.50. The Morgan fingerprint density at radius 2 is 2.21 bits per heavy atom. The Balaban J connectivity index is 2.22. The largest absolute Gasteiger partial charge is 0.481 e. The van der Waals surface area contributed by atoms with E-state index in [1.807, 2.05) is 0 Å². The van der Waals surface area contributed by atoms with Crippen molar-refractivity contribution in [1.29, 1.82) is 0 Å². The summed E-state index contributed by atoms with van der Waals surface area (Å²) in [7, 11) is 1.60. The molecule has 76 valence electrons. The van der Waals surface area contributed by atoms with Crippen LogP contribution in [-0.2, 0) is 0 Å². The van der Waals surface area contributed by atoms with Gasteiger partial charge < -0.3 is 15.8 Å².